The van der Waals surface area contributed by atoms with Crippen molar-refractivity contribution in [3.8, 4) is 0 Å². The summed E-state index contributed by atoms with van der Waals surface area (Å²) in [6.45, 7) is 5.62. The van der Waals surface area contributed by atoms with Crippen LogP contribution in [0.3, 0.4) is 0 Å². The Bertz CT molecular complexity index is 525. The van der Waals surface area contributed by atoms with Gasteiger partial charge in [-0.15, -0.1) is 0 Å². The lowest BCUT2D eigenvalue weighted by atomic mass is 9.76. The van der Waals surface area contributed by atoms with Gasteiger partial charge in [0.05, 0.1) is 6.54 Å². The van der Waals surface area contributed by atoms with Crippen molar-refractivity contribution >= 4 is 18.3 Å². The average Bonchev–Trinajstić information content (AvgIpc) is 2.46. The summed E-state index contributed by atoms with van der Waals surface area (Å²) in [5, 5.41) is 25.8. The number of anilines is 1. The van der Waals surface area contributed by atoms with Crippen molar-refractivity contribution in [2.24, 2.45) is 5.11 Å². The summed E-state index contributed by atoms with van der Waals surface area (Å²) in [5.41, 5.74) is 11.5. The molecule has 0 bridgehead atoms. The quantitative estimate of drug-likeness (QED) is 0.309. The predicted octanol–water partition coefficient (Wildman–Crippen LogP) is -0.105. The van der Waals surface area contributed by atoms with E-state index in [4.69, 9.17) is 5.53 Å². The topological polar surface area (TPSA) is 104 Å². The van der Waals surface area contributed by atoms with E-state index in [-0.39, 0.29) is 6.54 Å². The molecule has 0 saturated carbocycles. The van der Waals surface area contributed by atoms with Crippen molar-refractivity contribution in [2.45, 2.75) is 13.5 Å². The van der Waals surface area contributed by atoms with E-state index >= 15 is 0 Å². The van der Waals surface area contributed by atoms with Gasteiger partial charge in [0.25, 0.3) is 0 Å². The minimum atomic E-state index is -1.53. The zero-order chi connectivity index (χ0) is 14.5. The van der Waals surface area contributed by atoms with E-state index in [0.717, 1.165) is 43.0 Å². The summed E-state index contributed by atoms with van der Waals surface area (Å²) < 4.78 is 0. The molecule has 3 N–H and O–H groups in total. The van der Waals surface area contributed by atoms with Crippen LogP contribution in [0.4, 0.5) is 5.69 Å². The van der Waals surface area contributed by atoms with Crippen LogP contribution in [0.25, 0.3) is 10.4 Å². The third-order valence-corrected chi connectivity index (χ3v) is 3.53. The molecule has 0 atom stereocenters. The van der Waals surface area contributed by atoms with Crippen molar-refractivity contribution in [3.63, 3.8) is 0 Å². The van der Waals surface area contributed by atoms with E-state index in [1.165, 1.54) is 0 Å². The first kappa shape index (κ1) is 14.7. The second-order valence-corrected chi connectivity index (χ2v) is 4.83. The molecule has 1 aromatic rings. The maximum atomic E-state index is 9.50. The average molecular weight is 275 g/mol. The Labute approximate surface area is 118 Å². The fourth-order valence-corrected chi connectivity index (χ4v) is 2.49. The maximum absolute atomic E-state index is 9.50. The Morgan fingerprint density at radius 2 is 2.10 bits per heavy atom. The number of nitrogens with one attached hydrogen (secondary N) is 1. The van der Waals surface area contributed by atoms with Crippen LogP contribution in [-0.4, -0.2) is 43.3 Å². The Kier molecular flexibility index (Phi) is 4.86. The highest BCUT2D eigenvalue weighted by atomic mass is 16.4. The predicted molar refractivity (Wildman–Crippen MR) is 78.9 cm³/mol. The molecule has 1 heterocycles. The second-order valence-electron chi connectivity index (χ2n) is 4.83. The molecule has 0 radical (unpaired) electrons. The molecule has 0 amide bonds. The molecule has 1 aromatic carbocycles. The van der Waals surface area contributed by atoms with Crippen molar-refractivity contribution < 1.29 is 10.0 Å². The molecule has 106 valence electrons. The molecule has 7 nitrogen and oxygen atoms in total. The summed E-state index contributed by atoms with van der Waals surface area (Å²) in [4.78, 5) is 4.95. The second kappa shape index (κ2) is 6.63. The highest BCUT2D eigenvalue weighted by Crippen LogP contribution is 2.21. The van der Waals surface area contributed by atoms with Gasteiger partial charge in [-0.3, -0.25) is 0 Å². The van der Waals surface area contributed by atoms with Crippen molar-refractivity contribution in [2.75, 3.05) is 31.1 Å². The number of piperazine rings is 1. The standard InChI is InChI=1S/C12H18BN5O2/c1-9-11(13(19)20)6-10(8-16-17-14)7-12(9)18-4-2-15-3-5-18/h6-7,15,19-20H,2-5,8H2,1H3. The van der Waals surface area contributed by atoms with Crippen LogP contribution in [0.1, 0.15) is 11.1 Å². The summed E-state index contributed by atoms with van der Waals surface area (Å²) in [6, 6.07) is 3.64. The van der Waals surface area contributed by atoms with Gasteiger partial charge in [-0.2, -0.15) is 0 Å². The van der Waals surface area contributed by atoms with Crippen LogP contribution in [0.5, 0.6) is 0 Å². The zero-order valence-corrected chi connectivity index (χ0v) is 11.5. The highest BCUT2D eigenvalue weighted by molar-refractivity contribution is 6.59. The molecule has 2 rings (SSSR count). The van der Waals surface area contributed by atoms with E-state index in [1.54, 1.807) is 6.07 Å². The summed E-state index contributed by atoms with van der Waals surface area (Å²) in [6.07, 6.45) is 0. The highest BCUT2D eigenvalue weighted by Gasteiger charge is 2.21. The minimum Gasteiger partial charge on any atom is -0.423 e. The number of benzene rings is 1. The van der Waals surface area contributed by atoms with Gasteiger partial charge >= 0.3 is 7.12 Å². The van der Waals surface area contributed by atoms with Crippen LogP contribution in [0, 0.1) is 6.92 Å². The van der Waals surface area contributed by atoms with Gasteiger partial charge < -0.3 is 20.3 Å². The minimum absolute atomic E-state index is 0.204. The fraction of sp³-hybridized carbons (Fsp3) is 0.500. The van der Waals surface area contributed by atoms with Crippen molar-refractivity contribution in [1.29, 1.82) is 0 Å². The van der Waals surface area contributed by atoms with Gasteiger partial charge in [0.15, 0.2) is 0 Å². The Morgan fingerprint density at radius 1 is 1.40 bits per heavy atom. The first-order valence-electron chi connectivity index (χ1n) is 6.59. The van der Waals surface area contributed by atoms with Gasteiger partial charge in [-0.25, -0.2) is 0 Å². The van der Waals surface area contributed by atoms with Crippen molar-refractivity contribution in [3.05, 3.63) is 33.7 Å². The molecule has 0 spiro atoms. The molecule has 1 fully saturated rings. The third kappa shape index (κ3) is 3.23. The summed E-state index contributed by atoms with van der Waals surface area (Å²) >= 11 is 0. The molecular formula is C12H18BN5O2. The monoisotopic (exact) mass is 275 g/mol. The largest absolute Gasteiger partial charge is 0.488 e. The van der Waals surface area contributed by atoms with E-state index < -0.39 is 7.12 Å². The lowest BCUT2D eigenvalue weighted by Crippen LogP contribution is -2.45. The SMILES string of the molecule is Cc1c(B(O)O)cc(CN=[N+]=[N-])cc1N1CCNCC1. The first-order valence-corrected chi connectivity index (χ1v) is 6.59. The van der Waals surface area contributed by atoms with Gasteiger partial charge in [-0.1, -0.05) is 11.2 Å². The number of azide groups is 1. The Balaban J connectivity index is 2.41. The molecule has 8 heteroatoms. The Morgan fingerprint density at radius 3 is 2.70 bits per heavy atom. The number of nitrogens with zero attached hydrogens (tertiary/aromatic N) is 4. The van der Waals surface area contributed by atoms with E-state index in [2.05, 4.69) is 20.2 Å². The van der Waals surface area contributed by atoms with E-state index in [9.17, 15) is 10.0 Å². The lowest BCUT2D eigenvalue weighted by molar-refractivity contribution is 0.425. The van der Waals surface area contributed by atoms with Gasteiger partial charge in [0.2, 0.25) is 0 Å². The van der Waals surface area contributed by atoms with Gasteiger partial charge in [0, 0.05) is 36.8 Å². The van der Waals surface area contributed by atoms with Crippen LogP contribution in [-0.2, 0) is 6.54 Å². The van der Waals surface area contributed by atoms with Gasteiger partial charge in [-0.05, 0) is 35.1 Å². The summed E-state index contributed by atoms with van der Waals surface area (Å²) in [5.74, 6) is 0. The van der Waals surface area contributed by atoms with Crippen LogP contribution >= 0.6 is 0 Å². The summed E-state index contributed by atoms with van der Waals surface area (Å²) in [7, 11) is -1.53. The number of hydrogen-bond donors (Lipinski definition) is 3. The fourth-order valence-electron chi connectivity index (χ4n) is 2.49. The molecule has 1 saturated heterocycles. The smallest absolute Gasteiger partial charge is 0.423 e. The van der Waals surface area contributed by atoms with Gasteiger partial charge in [0.1, 0.15) is 0 Å². The van der Waals surface area contributed by atoms with Crippen molar-refractivity contribution in [1.82, 2.24) is 5.32 Å². The molecule has 0 aromatic heterocycles. The first-order chi connectivity index (χ1) is 9.63. The lowest BCUT2D eigenvalue weighted by Gasteiger charge is -2.32. The normalized spacial score (nSPS) is 14.8. The molecular weight excluding hydrogens is 257 g/mol. The Hall–Kier alpha value is -1.73. The molecule has 20 heavy (non-hydrogen) atoms. The molecule has 0 unspecified atom stereocenters. The van der Waals surface area contributed by atoms with Crippen LogP contribution < -0.4 is 15.7 Å². The van der Waals surface area contributed by atoms with E-state index in [1.807, 2.05) is 13.0 Å². The van der Waals surface area contributed by atoms with Crippen LogP contribution in [0.2, 0.25) is 0 Å². The number of rotatable bonds is 4. The maximum Gasteiger partial charge on any atom is 0.488 e. The zero-order valence-electron chi connectivity index (χ0n) is 11.5. The molecule has 0 aliphatic carbocycles. The van der Waals surface area contributed by atoms with E-state index in [0.29, 0.717) is 5.46 Å². The number of hydrogen-bond acceptors (Lipinski definition) is 5. The molecule has 1 aliphatic rings. The third-order valence-electron chi connectivity index (χ3n) is 3.53. The molecule has 1 aliphatic heterocycles. The van der Waals surface area contributed by atoms with Crippen LogP contribution in [0.15, 0.2) is 17.2 Å².